The standard InChI is InChI=1S/C12H19NO2S/c1-9-5-4-6-11(12(9)14)7-13-10(2)8-16(3)15/h4-6,10,13-14H,7-8H2,1-3H3. The van der Waals surface area contributed by atoms with E-state index in [9.17, 15) is 9.32 Å². The molecular weight excluding hydrogens is 222 g/mol. The van der Waals surface area contributed by atoms with Gasteiger partial charge in [-0.2, -0.15) is 0 Å². The Bertz CT molecular complexity index is 379. The van der Waals surface area contributed by atoms with Crippen LogP contribution in [0, 0.1) is 6.92 Å². The normalized spacial score (nSPS) is 14.7. The molecule has 2 unspecified atom stereocenters. The van der Waals surface area contributed by atoms with Gasteiger partial charge >= 0.3 is 0 Å². The fourth-order valence-electron chi connectivity index (χ4n) is 1.56. The Labute approximate surface area is 99.3 Å². The van der Waals surface area contributed by atoms with Gasteiger partial charge in [-0.3, -0.25) is 4.21 Å². The molecule has 0 spiro atoms. The molecule has 0 aliphatic rings. The van der Waals surface area contributed by atoms with Crippen LogP contribution in [0.4, 0.5) is 0 Å². The number of benzene rings is 1. The van der Waals surface area contributed by atoms with E-state index in [4.69, 9.17) is 0 Å². The first-order chi connectivity index (χ1) is 7.50. The number of nitrogens with one attached hydrogen (secondary N) is 1. The minimum atomic E-state index is -0.788. The first-order valence-electron chi connectivity index (χ1n) is 5.31. The summed E-state index contributed by atoms with van der Waals surface area (Å²) in [6, 6.07) is 5.88. The molecule has 0 bridgehead atoms. The smallest absolute Gasteiger partial charge is 0.122 e. The number of para-hydroxylation sites is 1. The van der Waals surface area contributed by atoms with Crippen molar-refractivity contribution < 1.29 is 9.32 Å². The van der Waals surface area contributed by atoms with Crippen LogP contribution >= 0.6 is 0 Å². The van der Waals surface area contributed by atoms with Gasteiger partial charge in [0.15, 0.2) is 0 Å². The van der Waals surface area contributed by atoms with Gasteiger partial charge in [0.25, 0.3) is 0 Å². The average Bonchev–Trinajstić information content (AvgIpc) is 2.19. The third-order valence-corrected chi connectivity index (χ3v) is 3.42. The second kappa shape index (κ2) is 6.01. The van der Waals surface area contributed by atoms with Crippen molar-refractivity contribution in [2.75, 3.05) is 12.0 Å². The summed E-state index contributed by atoms with van der Waals surface area (Å²) in [5.74, 6) is 0.979. The van der Waals surface area contributed by atoms with Gasteiger partial charge in [-0.25, -0.2) is 0 Å². The van der Waals surface area contributed by atoms with E-state index in [0.717, 1.165) is 11.1 Å². The molecule has 0 fully saturated rings. The first kappa shape index (κ1) is 13.2. The highest BCUT2D eigenvalue weighted by Gasteiger charge is 2.07. The molecule has 1 rings (SSSR count). The van der Waals surface area contributed by atoms with Gasteiger partial charge in [0.1, 0.15) is 5.75 Å². The molecule has 16 heavy (non-hydrogen) atoms. The largest absolute Gasteiger partial charge is 0.507 e. The highest BCUT2D eigenvalue weighted by atomic mass is 32.2. The van der Waals surface area contributed by atoms with E-state index in [1.165, 1.54) is 0 Å². The summed E-state index contributed by atoms with van der Waals surface area (Å²) in [7, 11) is -0.788. The van der Waals surface area contributed by atoms with Crippen LogP contribution < -0.4 is 5.32 Å². The van der Waals surface area contributed by atoms with Crippen LogP contribution in [-0.4, -0.2) is 27.4 Å². The Hall–Kier alpha value is -0.870. The first-order valence-corrected chi connectivity index (χ1v) is 7.04. The van der Waals surface area contributed by atoms with Gasteiger partial charge in [0.05, 0.1) is 0 Å². The van der Waals surface area contributed by atoms with E-state index in [2.05, 4.69) is 5.32 Å². The summed E-state index contributed by atoms with van der Waals surface area (Å²) in [6.07, 6.45) is 1.70. The number of rotatable bonds is 5. The zero-order valence-electron chi connectivity index (χ0n) is 9.99. The zero-order chi connectivity index (χ0) is 12.1. The third kappa shape index (κ3) is 3.94. The van der Waals surface area contributed by atoms with Crippen molar-refractivity contribution in [1.82, 2.24) is 5.32 Å². The van der Waals surface area contributed by atoms with E-state index < -0.39 is 10.8 Å². The molecule has 0 saturated carbocycles. The zero-order valence-corrected chi connectivity index (χ0v) is 10.8. The molecule has 90 valence electrons. The van der Waals surface area contributed by atoms with Crippen LogP contribution in [-0.2, 0) is 17.3 Å². The second-order valence-corrected chi connectivity index (χ2v) is 5.58. The van der Waals surface area contributed by atoms with E-state index in [1.54, 1.807) is 6.26 Å². The predicted octanol–water partition coefficient (Wildman–Crippen LogP) is 1.56. The molecule has 0 radical (unpaired) electrons. The van der Waals surface area contributed by atoms with E-state index >= 15 is 0 Å². The summed E-state index contributed by atoms with van der Waals surface area (Å²) in [4.78, 5) is 0. The number of phenols is 1. The Kier molecular flexibility index (Phi) is 4.96. The van der Waals surface area contributed by atoms with Crippen molar-refractivity contribution in [3.8, 4) is 5.75 Å². The van der Waals surface area contributed by atoms with Gasteiger partial charge in [-0.15, -0.1) is 0 Å². The lowest BCUT2D eigenvalue weighted by atomic mass is 10.1. The number of aromatic hydroxyl groups is 1. The molecule has 0 aliphatic heterocycles. The SMILES string of the molecule is Cc1cccc(CNC(C)CS(C)=O)c1O. The maximum absolute atomic E-state index is 11.0. The quantitative estimate of drug-likeness (QED) is 0.822. The summed E-state index contributed by atoms with van der Waals surface area (Å²) in [5, 5.41) is 13.0. The Morgan fingerprint density at radius 3 is 2.81 bits per heavy atom. The molecule has 0 heterocycles. The Morgan fingerprint density at radius 2 is 2.19 bits per heavy atom. The van der Waals surface area contributed by atoms with Gasteiger partial charge in [0, 0.05) is 41.0 Å². The van der Waals surface area contributed by atoms with Crippen molar-refractivity contribution in [2.24, 2.45) is 0 Å². The molecule has 1 aromatic carbocycles. The van der Waals surface area contributed by atoms with Crippen molar-refractivity contribution >= 4 is 10.8 Å². The third-order valence-electron chi connectivity index (χ3n) is 2.45. The van der Waals surface area contributed by atoms with E-state index in [1.807, 2.05) is 32.0 Å². The Morgan fingerprint density at radius 1 is 1.50 bits per heavy atom. The van der Waals surface area contributed by atoms with Gasteiger partial charge in [-0.1, -0.05) is 18.2 Å². The fraction of sp³-hybridized carbons (Fsp3) is 0.500. The van der Waals surface area contributed by atoms with Crippen molar-refractivity contribution in [3.63, 3.8) is 0 Å². The molecule has 0 amide bonds. The molecule has 1 aromatic rings. The highest BCUT2D eigenvalue weighted by Crippen LogP contribution is 2.20. The number of hydrogen-bond acceptors (Lipinski definition) is 3. The lowest BCUT2D eigenvalue weighted by Crippen LogP contribution is -2.30. The minimum absolute atomic E-state index is 0.186. The van der Waals surface area contributed by atoms with E-state index in [0.29, 0.717) is 18.0 Å². The number of hydrogen-bond donors (Lipinski definition) is 2. The van der Waals surface area contributed by atoms with Crippen LogP contribution in [0.5, 0.6) is 5.75 Å². The summed E-state index contributed by atoms with van der Waals surface area (Å²) >= 11 is 0. The second-order valence-electron chi connectivity index (χ2n) is 4.10. The van der Waals surface area contributed by atoms with Crippen molar-refractivity contribution in [3.05, 3.63) is 29.3 Å². The molecule has 0 saturated heterocycles. The van der Waals surface area contributed by atoms with Gasteiger partial charge in [0.2, 0.25) is 0 Å². The molecule has 0 aromatic heterocycles. The molecule has 2 N–H and O–H groups in total. The van der Waals surface area contributed by atoms with Crippen LogP contribution in [0.2, 0.25) is 0 Å². The highest BCUT2D eigenvalue weighted by molar-refractivity contribution is 7.84. The number of aryl methyl sites for hydroxylation is 1. The Balaban J connectivity index is 2.54. The lowest BCUT2D eigenvalue weighted by Gasteiger charge is -2.13. The monoisotopic (exact) mass is 241 g/mol. The van der Waals surface area contributed by atoms with Crippen LogP contribution in [0.3, 0.4) is 0 Å². The van der Waals surface area contributed by atoms with Crippen LogP contribution in [0.15, 0.2) is 18.2 Å². The van der Waals surface area contributed by atoms with Crippen LogP contribution in [0.25, 0.3) is 0 Å². The maximum Gasteiger partial charge on any atom is 0.122 e. The van der Waals surface area contributed by atoms with Crippen LogP contribution in [0.1, 0.15) is 18.1 Å². The topological polar surface area (TPSA) is 49.3 Å². The summed E-state index contributed by atoms with van der Waals surface area (Å²) < 4.78 is 11.0. The lowest BCUT2D eigenvalue weighted by molar-refractivity contribution is 0.457. The average molecular weight is 241 g/mol. The van der Waals surface area contributed by atoms with E-state index in [-0.39, 0.29) is 6.04 Å². The van der Waals surface area contributed by atoms with Gasteiger partial charge in [-0.05, 0) is 19.4 Å². The maximum atomic E-state index is 11.0. The molecule has 4 heteroatoms. The molecular formula is C12H19NO2S. The molecule has 2 atom stereocenters. The summed E-state index contributed by atoms with van der Waals surface area (Å²) in [6.45, 7) is 4.48. The summed E-state index contributed by atoms with van der Waals surface area (Å²) in [5.41, 5.74) is 1.76. The number of phenolic OH excluding ortho intramolecular Hbond substituents is 1. The molecule has 3 nitrogen and oxygen atoms in total. The molecule has 0 aliphatic carbocycles. The van der Waals surface area contributed by atoms with Gasteiger partial charge < -0.3 is 10.4 Å². The minimum Gasteiger partial charge on any atom is -0.507 e. The predicted molar refractivity (Wildman–Crippen MR) is 68.1 cm³/mol. The fourth-order valence-corrected chi connectivity index (χ4v) is 2.38. The van der Waals surface area contributed by atoms with Crippen molar-refractivity contribution in [1.29, 1.82) is 0 Å². The van der Waals surface area contributed by atoms with Crippen molar-refractivity contribution in [2.45, 2.75) is 26.4 Å².